The molecule has 0 unspecified atom stereocenters. The first kappa shape index (κ1) is 13.0. The number of furan rings is 1. The van der Waals surface area contributed by atoms with Crippen LogP contribution in [0, 0.1) is 11.3 Å². The van der Waals surface area contributed by atoms with Gasteiger partial charge in [-0.1, -0.05) is 60.7 Å². The van der Waals surface area contributed by atoms with Crippen LogP contribution in [0.2, 0.25) is 0 Å². The highest BCUT2D eigenvalue weighted by Crippen LogP contribution is 2.24. The number of nitrogens with zero attached hydrogens (tertiary/aromatic N) is 1. The third-order valence-corrected chi connectivity index (χ3v) is 3.18. The lowest BCUT2D eigenvalue weighted by Gasteiger charge is -1.98. The van der Waals surface area contributed by atoms with E-state index in [4.69, 9.17) is 4.42 Å². The highest BCUT2D eigenvalue weighted by molar-refractivity contribution is 5.88. The van der Waals surface area contributed by atoms with Gasteiger partial charge in [-0.15, -0.1) is 0 Å². The van der Waals surface area contributed by atoms with Gasteiger partial charge in [-0.25, -0.2) is 0 Å². The second-order valence-corrected chi connectivity index (χ2v) is 4.60. The van der Waals surface area contributed by atoms with Gasteiger partial charge in [-0.3, -0.25) is 0 Å². The summed E-state index contributed by atoms with van der Waals surface area (Å²) in [6.45, 7) is 0. The van der Waals surface area contributed by atoms with Crippen molar-refractivity contribution >= 4 is 11.6 Å². The van der Waals surface area contributed by atoms with Crippen molar-refractivity contribution in [1.82, 2.24) is 0 Å². The summed E-state index contributed by atoms with van der Waals surface area (Å²) in [5.41, 5.74) is 2.50. The van der Waals surface area contributed by atoms with E-state index in [1.54, 1.807) is 6.08 Å². The molecule has 0 N–H and O–H groups in total. The quantitative estimate of drug-likeness (QED) is 0.628. The van der Waals surface area contributed by atoms with Crippen LogP contribution in [-0.4, -0.2) is 0 Å². The minimum absolute atomic E-state index is 0.588. The molecule has 2 nitrogen and oxygen atoms in total. The predicted molar refractivity (Wildman–Crippen MR) is 84.1 cm³/mol. The first-order valence-electron chi connectivity index (χ1n) is 6.69. The molecule has 3 aromatic rings. The Hall–Kier alpha value is -3.05. The molecule has 0 fully saturated rings. The zero-order chi connectivity index (χ0) is 14.5. The smallest absolute Gasteiger partial charge is 0.134 e. The summed E-state index contributed by atoms with van der Waals surface area (Å²) >= 11 is 0. The van der Waals surface area contributed by atoms with Crippen molar-refractivity contribution in [3.8, 4) is 17.4 Å². The van der Waals surface area contributed by atoms with Gasteiger partial charge in [-0.2, -0.15) is 5.26 Å². The van der Waals surface area contributed by atoms with Crippen molar-refractivity contribution in [1.29, 1.82) is 5.26 Å². The summed E-state index contributed by atoms with van der Waals surface area (Å²) in [6.07, 6.45) is 1.77. The topological polar surface area (TPSA) is 36.9 Å². The van der Waals surface area contributed by atoms with E-state index in [-0.39, 0.29) is 0 Å². The van der Waals surface area contributed by atoms with Crippen LogP contribution >= 0.6 is 0 Å². The van der Waals surface area contributed by atoms with Gasteiger partial charge < -0.3 is 4.42 Å². The van der Waals surface area contributed by atoms with E-state index < -0.39 is 0 Å². The average molecular weight is 271 g/mol. The van der Waals surface area contributed by atoms with Gasteiger partial charge in [0.25, 0.3) is 0 Å². The van der Waals surface area contributed by atoms with Gasteiger partial charge in [0.1, 0.15) is 11.5 Å². The molecule has 100 valence electrons. The molecule has 2 aromatic carbocycles. The molecule has 2 heteroatoms. The number of hydrogen-bond acceptors (Lipinski definition) is 2. The van der Waals surface area contributed by atoms with Crippen molar-refractivity contribution in [2.75, 3.05) is 0 Å². The molecule has 0 atom stereocenters. The van der Waals surface area contributed by atoms with Crippen LogP contribution in [-0.2, 0) is 0 Å². The molecule has 1 heterocycles. The normalized spacial score (nSPS) is 11.1. The fourth-order valence-corrected chi connectivity index (χ4v) is 2.13. The Labute approximate surface area is 123 Å². The molecule has 0 radical (unpaired) electrons. The summed E-state index contributed by atoms with van der Waals surface area (Å²) in [5, 5.41) is 9.30. The monoisotopic (exact) mass is 271 g/mol. The van der Waals surface area contributed by atoms with E-state index >= 15 is 0 Å². The van der Waals surface area contributed by atoms with E-state index in [2.05, 4.69) is 6.07 Å². The minimum Gasteiger partial charge on any atom is -0.457 e. The molecule has 1 aromatic heterocycles. The summed E-state index contributed by atoms with van der Waals surface area (Å²) in [4.78, 5) is 0. The molecule has 0 bridgehead atoms. The Balaban J connectivity index is 1.93. The third kappa shape index (κ3) is 2.93. The molecular formula is C19H13NO. The number of hydrogen-bond donors (Lipinski definition) is 0. The Morgan fingerprint density at radius 1 is 0.857 bits per heavy atom. The number of nitriles is 1. The number of allylic oxidation sites excluding steroid dienone is 1. The largest absolute Gasteiger partial charge is 0.457 e. The van der Waals surface area contributed by atoms with Crippen molar-refractivity contribution in [2.45, 2.75) is 0 Å². The first-order valence-corrected chi connectivity index (χ1v) is 6.69. The summed E-state index contributed by atoms with van der Waals surface area (Å²) in [6, 6.07) is 25.5. The highest BCUT2D eigenvalue weighted by Gasteiger charge is 2.05. The minimum atomic E-state index is 0.588. The van der Waals surface area contributed by atoms with Crippen LogP contribution in [0.25, 0.3) is 23.0 Å². The lowest BCUT2D eigenvalue weighted by atomic mass is 10.1. The number of rotatable bonds is 3. The summed E-state index contributed by atoms with van der Waals surface area (Å²) in [7, 11) is 0. The molecule has 0 aliphatic rings. The van der Waals surface area contributed by atoms with Crippen LogP contribution in [0.1, 0.15) is 11.3 Å². The maximum Gasteiger partial charge on any atom is 0.134 e. The first-order chi connectivity index (χ1) is 10.4. The standard InChI is InChI=1S/C19H13NO/c20-14-17(15-7-3-1-4-8-15)13-18-11-12-19(21-18)16-9-5-2-6-10-16/h1-13H/b17-13-. The van der Waals surface area contributed by atoms with Crippen molar-refractivity contribution in [3.05, 3.63) is 84.1 Å². The molecule has 21 heavy (non-hydrogen) atoms. The lowest BCUT2D eigenvalue weighted by molar-refractivity contribution is 0.572. The number of benzene rings is 2. The fourth-order valence-electron chi connectivity index (χ4n) is 2.13. The summed E-state index contributed by atoms with van der Waals surface area (Å²) in [5.74, 6) is 1.47. The summed E-state index contributed by atoms with van der Waals surface area (Å²) < 4.78 is 5.80. The van der Waals surface area contributed by atoms with Gasteiger partial charge in [0, 0.05) is 5.56 Å². The van der Waals surface area contributed by atoms with Crippen molar-refractivity contribution < 1.29 is 4.42 Å². The SMILES string of the molecule is N#C/C(=C/c1ccc(-c2ccccc2)o1)c1ccccc1. The maximum atomic E-state index is 9.30. The highest BCUT2D eigenvalue weighted by atomic mass is 16.3. The van der Waals surface area contributed by atoms with Crippen molar-refractivity contribution in [3.63, 3.8) is 0 Å². The molecule has 3 rings (SSSR count). The van der Waals surface area contributed by atoms with E-state index in [1.807, 2.05) is 72.8 Å². The molecule has 0 spiro atoms. The Kier molecular flexibility index (Phi) is 3.66. The molecular weight excluding hydrogens is 258 g/mol. The van der Waals surface area contributed by atoms with E-state index in [1.165, 1.54) is 0 Å². The molecule has 0 aliphatic carbocycles. The van der Waals surface area contributed by atoms with Gasteiger partial charge in [0.05, 0.1) is 11.6 Å². The average Bonchev–Trinajstić information content (AvgIpc) is 3.03. The Bertz CT molecular complexity index is 792. The Morgan fingerprint density at radius 3 is 2.19 bits per heavy atom. The molecule has 0 amide bonds. The lowest BCUT2D eigenvalue weighted by Crippen LogP contribution is -1.79. The van der Waals surface area contributed by atoms with E-state index in [9.17, 15) is 5.26 Å². The van der Waals surface area contributed by atoms with Crippen LogP contribution in [0.15, 0.2) is 77.2 Å². The van der Waals surface area contributed by atoms with E-state index in [0.717, 1.165) is 16.9 Å². The van der Waals surface area contributed by atoms with Crippen LogP contribution in [0.4, 0.5) is 0 Å². The van der Waals surface area contributed by atoms with Crippen molar-refractivity contribution in [2.24, 2.45) is 0 Å². The second kappa shape index (κ2) is 5.94. The fraction of sp³-hybridized carbons (Fsp3) is 0. The maximum absolute atomic E-state index is 9.30. The van der Waals surface area contributed by atoms with Gasteiger partial charge in [-0.05, 0) is 23.8 Å². The van der Waals surface area contributed by atoms with Gasteiger partial charge in [0.15, 0.2) is 0 Å². The zero-order valence-electron chi connectivity index (χ0n) is 11.4. The van der Waals surface area contributed by atoms with Gasteiger partial charge >= 0.3 is 0 Å². The zero-order valence-corrected chi connectivity index (χ0v) is 11.4. The van der Waals surface area contributed by atoms with Crippen LogP contribution in [0.3, 0.4) is 0 Å². The predicted octanol–water partition coefficient (Wildman–Crippen LogP) is 5.01. The van der Waals surface area contributed by atoms with Crippen LogP contribution in [0.5, 0.6) is 0 Å². The molecule has 0 saturated carbocycles. The third-order valence-electron chi connectivity index (χ3n) is 3.18. The second-order valence-electron chi connectivity index (χ2n) is 4.60. The molecule has 0 saturated heterocycles. The van der Waals surface area contributed by atoms with Crippen LogP contribution < -0.4 is 0 Å². The van der Waals surface area contributed by atoms with E-state index in [0.29, 0.717) is 11.3 Å². The Morgan fingerprint density at radius 2 is 1.52 bits per heavy atom. The molecule has 0 aliphatic heterocycles. The van der Waals surface area contributed by atoms with Gasteiger partial charge in [0.2, 0.25) is 0 Å².